The monoisotopic (exact) mass is 842 g/mol. The molecule has 4 aliphatic rings. The number of rotatable bonds is 15. The van der Waals surface area contributed by atoms with Gasteiger partial charge in [-0.15, -0.1) is 0 Å². The largest absolute Gasteiger partial charge is 0.344 e. The predicted octanol–water partition coefficient (Wildman–Crippen LogP) is 7.13. The lowest BCUT2D eigenvalue weighted by Crippen LogP contribution is -2.32. The number of unbranched alkanes of at least 4 members (excludes halogenated alkanes) is 2. The van der Waals surface area contributed by atoms with Crippen LogP contribution in [-0.4, -0.2) is 72.2 Å². The van der Waals surface area contributed by atoms with Crippen LogP contribution in [0.15, 0.2) is 130 Å². The van der Waals surface area contributed by atoms with Crippen molar-refractivity contribution in [3.63, 3.8) is 0 Å². The molecule has 3 heterocycles. The zero-order valence-corrected chi connectivity index (χ0v) is 35.0. The number of amides is 2. The molecule has 310 valence electrons. The van der Waals surface area contributed by atoms with Gasteiger partial charge in [-0.25, -0.2) is 4.79 Å². The van der Waals surface area contributed by atoms with E-state index in [1.54, 1.807) is 12.1 Å². The summed E-state index contributed by atoms with van der Waals surface area (Å²) in [4.78, 5) is 42.5. The Morgan fingerprint density at radius 2 is 1.42 bits per heavy atom. The Labute approximate surface area is 345 Å². The van der Waals surface area contributed by atoms with Crippen molar-refractivity contribution in [2.24, 2.45) is 0 Å². The normalized spacial score (nSPS) is 21.4. The Balaban J connectivity index is 1.28. The third kappa shape index (κ3) is 9.38. The molecular formula is C44H48N3O10S2+. The fourth-order valence-corrected chi connectivity index (χ4v) is 8.91. The molecule has 15 heteroatoms. The molecule has 2 aromatic carbocycles. The summed E-state index contributed by atoms with van der Waals surface area (Å²) in [6.07, 6.45) is 25.3. The molecule has 0 spiro atoms. The van der Waals surface area contributed by atoms with Crippen LogP contribution in [0.5, 0.6) is 0 Å². The van der Waals surface area contributed by atoms with Gasteiger partial charge in [0, 0.05) is 66.0 Å². The molecule has 59 heavy (non-hydrogen) atoms. The number of nitrogens with zero attached hydrogens (tertiary/aromatic N) is 3. The Morgan fingerprint density at radius 1 is 0.780 bits per heavy atom. The highest BCUT2D eigenvalue weighted by atomic mass is 32.2. The van der Waals surface area contributed by atoms with Crippen molar-refractivity contribution in [3.8, 4) is 0 Å². The van der Waals surface area contributed by atoms with Crippen molar-refractivity contribution in [2.75, 3.05) is 18.0 Å². The molecular weight excluding hydrogens is 795 g/mol. The molecule has 0 bridgehead atoms. The van der Waals surface area contributed by atoms with Crippen molar-refractivity contribution in [1.29, 1.82) is 0 Å². The van der Waals surface area contributed by atoms with E-state index in [-0.39, 0.29) is 16.2 Å². The summed E-state index contributed by atoms with van der Waals surface area (Å²) in [7, 11) is -8.93. The zero-order chi connectivity index (χ0) is 42.8. The minimum Gasteiger partial charge on any atom is -0.344 e. The van der Waals surface area contributed by atoms with Gasteiger partial charge in [0.15, 0.2) is 5.71 Å². The lowest BCUT2D eigenvalue weighted by atomic mass is 9.81. The highest BCUT2D eigenvalue weighted by Crippen LogP contribution is 2.49. The number of imide groups is 1. The first-order valence-electron chi connectivity index (χ1n) is 19.3. The van der Waals surface area contributed by atoms with Crippen molar-refractivity contribution in [2.45, 2.75) is 86.8 Å². The van der Waals surface area contributed by atoms with E-state index in [0.717, 1.165) is 53.3 Å². The van der Waals surface area contributed by atoms with Gasteiger partial charge in [0.1, 0.15) is 6.54 Å². The number of fused-ring (bicyclic) bond motifs is 2. The van der Waals surface area contributed by atoms with Crippen LogP contribution in [0.1, 0.15) is 77.3 Å². The number of carbonyl (C=O) groups is 3. The molecule has 13 nitrogen and oxygen atoms in total. The molecule has 0 saturated heterocycles. The first-order chi connectivity index (χ1) is 27.8. The lowest BCUT2D eigenvalue weighted by molar-refractivity contribution is -0.438. The van der Waals surface area contributed by atoms with Gasteiger partial charge in [-0.05, 0) is 80.7 Å². The van der Waals surface area contributed by atoms with Crippen LogP contribution in [0.3, 0.4) is 0 Å². The first-order valence-corrected chi connectivity index (χ1v) is 22.2. The van der Waals surface area contributed by atoms with Crippen LogP contribution >= 0.6 is 0 Å². The van der Waals surface area contributed by atoms with Crippen LogP contribution in [-0.2, 0) is 50.3 Å². The number of benzene rings is 2. The van der Waals surface area contributed by atoms with Crippen molar-refractivity contribution in [1.82, 2.24) is 5.06 Å². The number of hydrogen-bond donors (Lipinski definition) is 2. The van der Waals surface area contributed by atoms with Crippen LogP contribution in [0.4, 0.5) is 11.4 Å². The van der Waals surface area contributed by atoms with E-state index in [0.29, 0.717) is 43.0 Å². The second kappa shape index (κ2) is 17.0. The van der Waals surface area contributed by atoms with Crippen LogP contribution in [0.25, 0.3) is 0 Å². The average molecular weight is 843 g/mol. The Kier molecular flexibility index (Phi) is 12.4. The van der Waals surface area contributed by atoms with Gasteiger partial charge < -0.3 is 9.74 Å². The molecule has 2 N–H and O–H groups in total. The van der Waals surface area contributed by atoms with Gasteiger partial charge in [-0.2, -0.15) is 21.4 Å². The summed E-state index contributed by atoms with van der Waals surface area (Å²) < 4.78 is 70.8. The second-order valence-electron chi connectivity index (χ2n) is 15.7. The minimum atomic E-state index is -4.48. The van der Waals surface area contributed by atoms with E-state index in [1.165, 1.54) is 29.8 Å². The van der Waals surface area contributed by atoms with Crippen molar-refractivity contribution in [3.05, 3.63) is 132 Å². The third-order valence-corrected chi connectivity index (χ3v) is 12.7. The summed E-state index contributed by atoms with van der Waals surface area (Å²) in [6, 6.07) is 9.20. The lowest BCUT2D eigenvalue weighted by Gasteiger charge is -2.27. The molecule has 3 aliphatic heterocycles. The van der Waals surface area contributed by atoms with Gasteiger partial charge in [0.05, 0.1) is 15.2 Å². The van der Waals surface area contributed by atoms with Crippen LogP contribution in [0, 0.1) is 0 Å². The fraction of sp³-hybridized carbons (Fsp3) is 0.318. The maximum Gasteiger partial charge on any atom is 0.333 e. The zero-order valence-electron chi connectivity index (χ0n) is 33.4. The summed E-state index contributed by atoms with van der Waals surface area (Å²) in [5.74, 6) is -2.13. The van der Waals surface area contributed by atoms with Gasteiger partial charge in [0.25, 0.3) is 32.1 Å². The van der Waals surface area contributed by atoms with Crippen molar-refractivity contribution < 1.29 is 49.7 Å². The van der Waals surface area contributed by atoms with E-state index >= 15 is 0 Å². The molecule has 1 aliphatic carbocycles. The van der Waals surface area contributed by atoms with Crippen molar-refractivity contribution >= 4 is 55.1 Å². The van der Waals surface area contributed by atoms with Gasteiger partial charge in [-0.1, -0.05) is 73.9 Å². The molecule has 6 rings (SSSR count). The van der Waals surface area contributed by atoms with Gasteiger partial charge >= 0.3 is 5.97 Å². The number of carbonyl (C=O) groups excluding carboxylic acids is 3. The molecule has 0 saturated carbocycles. The van der Waals surface area contributed by atoms with Crippen LogP contribution < -0.4 is 4.90 Å². The standard InChI is InChI=1S/C44H47N3O10S2/c1-43(2)34-29-32(58(51,52)53)21-23-36(34)45(27-12-8-11-20-42(50)57-47-40(48)25-26-41(47)49)38(43)18-13-19-39-44(3,4)35-30-33(59(54,55)56)22-24-37(35)46(39)28-14-17-31-15-9-6-5-7-10-16-31/h5-7,9-10,13,15-16,18-19,21-26,29-30H,8,11-12,14,17,20,27-28H2,1-4H3,(H-,51,52,53,54,55,56)/p+1/b6-5-,7-5?,9-6?,10-7-,15-9-,16-10?,31-15?,31-16+. The van der Waals surface area contributed by atoms with E-state index in [2.05, 4.69) is 21.6 Å². The van der Waals surface area contributed by atoms with Gasteiger partial charge in [0.2, 0.25) is 5.69 Å². The SMILES string of the molecule is CC1(C)C(/C=C/C=C2/N(CCCCCC(=O)ON3C(=O)C=CC3=O)c3ccc(S(=O)(=O)O)cc3C2(C)C)=[N+](CCCC2=C/C=C\C=C/C=C\2)c2ccc(S(=O)(=O)O)cc21. The quantitative estimate of drug-likeness (QED) is 0.0807. The topological polar surface area (TPSA) is 179 Å². The number of allylic oxidation sites excluding steroid dienone is 12. The average Bonchev–Trinajstić information content (AvgIpc) is 3.66. The van der Waals surface area contributed by atoms with E-state index < -0.39 is 48.8 Å². The van der Waals surface area contributed by atoms with Gasteiger partial charge in [-0.3, -0.25) is 18.7 Å². The highest BCUT2D eigenvalue weighted by molar-refractivity contribution is 7.86. The van der Waals surface area contributed by atoms with E-state index in [9.17, 15) is 40.3 Å². The number of anilines is 1. The third-order valence-electron chi connectivity index (χ3n) is 11.0. The number of hydrogen-bond acceptors (Lipinski definition) is 9. The smallest absolute Gasteiger partial charge is 0.333 e. The Hall–Kier alpha value is -5.48. The maximum absolute atomic E-state index is 12.4. The highest BCUT2D eigenvalue weighted by Gasteiger charge is 2.45. The molecule has 0 radical (unpaired) electrons. The van der Waals surface area contributed by atoms with E-state index in [4.69, 9.17) is 4.84 Å². The summed E-state index contributed by atoms with van der Waals surface area (Å²) in [5.41, 5.74) is 4.62. The molecule has 2 amide bonds. The first kappa shape index (κ1) is 43.1. The molecule has 2 aromatic rings. The Morgan fingerprint density at radius 3 is 2.12 bits per heavy atom. The Bertz CT molecular complexity index is 2540. The molecule has 0 atom stereocenters. The summed E-state index contributed by atoms with van der Waals surface area (Å²) in [5, 5.41) is 0.432. The summed E-state index contributed by atoms with van der Waals surface area (Å²) in [6.45, 7) is 9.09. The minimum absolute atomic E-state index is 0.00992. The molecule has 0 fully saturated rings. The van der Waals surface area contributed by atoms with E-state index in [1.807, 2.05) is 76.3 Å². The van der Waals surface area contributed by atoms with Crippen LogP contribution in [0.2, 0.25) is 0 Å². The second-order valence-corrected chi connectivity index (χ2v) is 18.6. The summed E-state index contributed by atoms with van der Waals surface area (Å²) >= 11 is 0. The fourth-order valence-electron chi connectivity index (χ4n) is 7.90. The molecule has 0 aromatic heterocycles. The molecule has 0 unspecified atom stereocenters. The maximum atomic E-state index is 12.4. The number of hydroxylamine groups is 2. The predicted molar refractivity (Wildman–Crippen MR) is 223 cm³/mol.